The normalized spacial score (nSPS) is 11.0. The molecule has 1 aromatic carbocycles. The van der Waals surface area contributed by atoms with Crippen LogP contribution in [0, 0.1) is 6.92 Å². The van der Waals surface area contributed by atoms with Gasteiger partial charge in [0.1, 0.15) is 5.52 Å². The number of rotatable bonds is 4. The molecule has 108 valence electrons. The zero-order valence-corrected chi connectivity index (χ0v) is 12.0. The fourth-order valence-corrected chi connectivity index (χ4v) is 2.24. The second-order valence-corrected chi connectivity index (χ2v) is 4.83. The maximum atomic E-state index is 11.9. The van der Waals surface area contributed by atoms with Gasteiger partial charge < -0.3 is 14.1 Å². The number of benzene rings is 1. The fourth-order valence-electron chi connectivity index (χ4n) is 2.24. The van der Waals surface area contributed by atoms with Gasteiger partial charge in [0.2, 0.25) is 5.89 Å². The topological polar surface area (TPSA) is 68.1 Å². The monoisotopic (exact) mass is 284 g/mol. The van der Waals surface area contributed by atoms with Gasteiger partial charge in [-0.25, -0.2) is 4.98 Å². The molecule has 0 aliphatic heterocycles. The van der Waals surface area contributed by atoms with Crippen LogP contribution < -0.4 is 10.3 Å². The van der Waals surface area contributed by atoms with Crippen molar-refractivity contribution in [2.24, 2.45) is 0 Å². The predicted molar refractivity (Wildman–Crippen MR) is 79.5 cm³/mol. The maximum Gasteiger partial charge on any atom is 0.290 e. The summed E-state index contributed by atoms with van der Waals surface area (Å²) >= 11 is 0. The van der Waals surface area contributed by atoms with E-state index in [1.165, 1.54) is 0 Å². The molecule has 0 amide bonds. The number of aryl methyl sites for hydroxylation is 2. The van der Waals surface area contributed by atoms with Crippen LogP contribution in [0.5, 0.6) is 5.75 Å². The Morgan fingerprint density at radius 3 is 2.90 bits per heavy atom. The number of pyridine rings is 1. The number of nitrogens with zero attached hydrogens (tertiary/aromatic N) is 1. The van der Waals surface area contributed by atoms with Crippen molar-refractivity contribution in [1.29, 1.82) is 0 Å². The van der Waals surface area contributed by atoms with Crippen LogP contribution in [-0.2, 0) is 13.0 Å². The minimum absolute atomic E-state index is 0.129. The zero-order chi connectivity index (χ0) is 14.8. The first kappa shape index (κ1) is 13.4. The quantitative estimate of drug-likeness (QED) is 0.799. The average molecular weight is 284 g/mol. The highest BCUT2D eigenvalue weighted by atomic mass is 16.5. The van der Waals surface area contributed by atoms with E-state index in [4.69, 9.17) is 9.15 Å². The van der Waals surface area contributed by atoms with Crippen LogP contribution in [-0.4, -0.2) is 9.97 Å². The number of ether oxygens (including phenoxy) is 1. The van der Waals surface area contributed by atoms with Gasteiger partial charge in [-0.15, -0.1) is 0 Å². The summed E-state index contributed by atoms with van der Waals surface area (Å²) < 4.78 is 11.1. The molecule has 2 aromatic heterocycles. The molecule has 0 atom stereocenters. The van der Waals surface area contributed by atoms with Gasteiger partial charge in [0.15, 0.2) is 17.9 Å². The minimum Gasteiger partial charge on any atom is -0.478 e. The largest absolute Gasteiger partial charge is 0.478 e. The highest BCUT2D eigenvalue weighted by Crippen LogP contribution is 2.17. The molecular weight excluding hydrogens is 268 g/mol. The Kier molecular flexibility index (Phi) is 3.48. The lowest BCUT2D eigenvalue weighted by Gasteiger charge is -2.07. The molecule has 3 rings (SSSR count). The van der Waals surface area contributed by atoms with Crippen molar-refractivity contribution in [3.05, 3.63) is 57.8 Å². The van der Waals surface area contributed by atoms with Gasteiger partial charge in [0.05, 0.1) is 0 Å². The highest BCUT2D eigenvalue weighted by Gasteiger charge is 2.09. The van der Waals surface area contributed by atoms with Crippen LogP contribution >= 0.6 is 0 Å². The number of oxazole rings is 1. The summed E-state index contributed by atoms with van der Waals surface area (Å²) in [7, 11) is 0. The molecule has 0 aliphatic rings. The lowest BCUT2D eigenvalue weighted by atomic mass is 10.1. The summed E-state index contributed by atoms with van der Waals surface area (Å²) in [4.78, 5) is 19.0. The first-order valence-electron chi connectivity index (χ1n) is 6.87. The van der Waals surface area contributed by atoms with E-state index in [0.29, 0.717) is 17.2 Å². The molecule has 5 heteroatoms. The van der Waals surface area contributed by atoms with E-state index in [9.17, 15) is 4.79 Å². The Hall–Kier alpha value is -2.56. The zero-order valence-electron chi connectivity index (χ0n) is 12.0. The van der Waals surface area contributed by atoms with Gasteiger partial charge in [0.25, 0.3) is 5.56 Å². The number of para-hydroxylation sites is 2. The van der Waals surface area contributed by atoms with E-state index in [1.54, 1.807) is 6.07 Å². The first-order valence-corrected chi connectivity index (χ1v) is 6.87. The molecule has 0 radical (unpaired) electrons. The molecular formula is C16H16N2O3. The second kappa shape index (κ2) is 5.44. The number of H-pyrrole nitrogens is 1. The van der Waals surface area contributed by atoms with Crippen LogP contribution in [0.2, 0.25) is 0 Å². The third kappa shape index (κ3) is 2.67. The molecule has 21 heavy (non-hydrogen) atoms. The van der Waals surface area contributed by atoms with E-state index >= 15 is 0 Å². The van der Waals surface area contributed by atoms with Crippen molar-refractivity contribution in [1.82, 2.24) is 9.97 Å². The van der Waals surface area contributed by atoms with Crippen molar-refractivity contribution >= 4 is 11.1 Å². The molecule has 3 aromatic rings. The lowest BCUT2D eigenvalue weighted by Crippen LogP contribution is -2.13. The summed E-state index contributed by atoms with van der Waals surface area (Å²) in [5.74, 6) is 0.744. The summed E-state index contributed by atoms with van der Waals surface area (Å²) in [5, 5.41) is 0. The minimum atomic E-state index is -0.235. The average Bonchev–Trinajstić information content (AvgIpc) is 2.89. The van der Waals surface area contributed by atoms with Crippen LogP contribution in [0.15, 0.2) is 39.5 Å². The van der Waals surface area contributed by atoms with E-state index in [-0.39, 0.29) is 12.2 Å². The number of aromatic nitrogens is 2. The summed E-state index contributed by atoms with van der Waals surface area (Å²) in [5.41, 5.74) is 3.19. The van der Waals surface area contributed by atoms with E-state index < -0.39 is 0 Å². The number of hydrogen-bond donors (Lipinski definition) is 1. The molecule has 0 saturated carbocycles. The third-order valence-corrected chi connectivity index (χ3v) is 3.38. The van der Waals surface area contributed by atoms with Crippen LogP contribution in [0.4, 0.5) is 0 Å². The summed E-state index contributed by atoms with van der Waals surface area (Å²) in [6.45, 7) is 4.04. The van der Waals surface area contributed by atoms with Crippen molar-refractivity contribution in [3.63, 3.8) is 0 Å². The Morgan fingerprint density at radius 1 is 1.33 bits per heavy atom. The molecule has 0 bridgehead atoms. The molecule has 0 unspecified atom stereocenters. The number of hydrogen-bond acceptors (Lipinski definition) is 4. The molecule has 5 nitrogen and oxygen atoms in total. The molecule has 0 saturated heterocycles. The van der Waals surface area contributed by atoms with E-state index in [0.717, 1.165) is 23.2 Å². The molecule has 0 fully saturated rings. The van der Waals surface area contributed by atoms with Gasteiger partial charge in [-0.2, -0.15) is 0 Å². The van der Waals surface area contributed by atoms with Crippen LogP contribution in [0.1, 0.15) is 24.1 Å². The second-order valence-electron chi connectivity index (χ2n) is 4.83. The summed E-state index contributed by atoms with van der Waals surface area (Å²) in [6.07, 6.45) is 0.835. The Morgan fingerprint density at radius 2 is 2.14 bits per heavy atom. The van der Waals surface area contributed by atoms with Gasteiger partial charge in [-0.1, -0.05) is 19.1 Å². The number of nitrogens with one attached hydrogen (secondary N) is 1. The van der Waals surface area contributed by atoms with Gasteiger partial charge in [-0.05, 0) is 37.1 Å². The van der Waals surface area contributed by atoms with E-state index in [2.05, 4.69) is 9.97 Å². The number of fused-ring (bicyclic) bond motifs is 1. The van der Waals surface area contributed by atoms with E-state index in [1.807, 2.05) is 38.1 Å². The molecule has 0 spiro atoms. The van der Waals surface area contributed by atoms with Crippen molar-refractivity contribution in [3.8, 4) is 5.75 Å². The van der Waals surface area contributed by atoms with Gasteiger partial charge >= 0.3 is 0 Å². The summed E-state index contributed by atoms with van der Waals surface area (Å²) in [6, 6.07) is 9.27. The lowest BCUT2D eigenvalue weighted by molar-refractivity contribution is 0.263. The Bertz CT molecular complexity index is 800. The predicted octanol–water partition coefficient (Wildman–Crippen LogP) is 2.97. The first-order chi connectivity index (χ1) is 10.2. The Labute approximate surface area is 121 Å². The molecule has 2 heterocycles. The number of aromatic amines is 1. The van der Waals surface area contributed by atoms with Crippen LogP contribution in [0.25, 0.3) is 11.1 Å². The Balaban J connectivity index is 1.82. The van der Waals surface area contributed by atoms with Crippen molar-refractivity contribution < 1.29 is 9.15 Å². The van der Waals surface area contributed by atoms with Crippen LogP contribution in [0.3, 0.4) is 0 Å². The van der Waals surface area contributed by atoms with Crippen molar-refractivity contribution in [2.45, 2.75) is 26.9 Å². The standard InChI is InChI=1S/C16H16N2O3/c1-3-11-8-14(16(19)17-10(11)2)20-9-15-18-12-6-4-5-7-13(12)21-15/h4-8H,3,9H2,1-2H3,(H,17,19). The highest BCUT2D eigenvalue weighted by molar-refractivity contribution is 5.72. The fraction of sp³-hybridized carbons (Fsp3) is 0.250. The van der Waals surface area contributed by atoms with Gasteiger partial charge in [-0.3, -0.25) is 4.79 Å². The maximum absolute atomic E-state index is 11.9. The SMILES string of the molecule is CCc1cc(OCc2nc3ccccc3o2)c(=O)[nH]c1C. The third-order valence-electron chi connectivity index (χ3n) is 3.38. The van der Waals surface area contributed by atoms with Crippen molar-refractivity contribution in [2.75, 3.05) is 0 Å². The molecule has 0 aliphatic carbocycles. The smallest absolute Gasteiger partial charge is 0.290 e. The van der Waals surface area contributed by atoms with Gasteiger partial charge in [0, 0.05) is 5.69 Å². The molecule has 1 N–H and O–H groups in total.